The molecule has 2 aromatic rings. The number of pyridine rings is 1. The van der Waals surface area contributed by atoms with E-state index < -0.39 is 0 Å². The van der Waals surface area contributed by atoms with Crippen LogP contribution in [-0.4, -0.2) is 23.5 Å². The summed E-state index contributed by atoms with van der Waals surface area (Å²) >= 11 is 0. The second-order valence-electron chi connectivity index (χ2n) is 5.81. The standard InChI is InChI=1S/C18H18N2O/c1-2-5-13(6-3-1)11-15-12-21-18(19-15)17-8-4-7-16(20-17)14-9-10-14/h1-8,14-15H,9-12H2. The van der Waals surface area contributed by atoms with Crippen molar-refractivity contribution in [2.24, 2.45) is 4.99 Å². The SMILES string of the molecule is c1ccc(CC2COC(c3cccc(C4CC4)n3)=N2)cc1. The molecule has 1 fully saturated rings. The van der Waals surface area contributed by atoms with Crippen molar-refractivity contribution in [3.05, 3.63) is 65.5 Å². The molecule has 0 amide bonds. The van der Waals surface area contributed by atoms with E-state index in [0.717, 1.165) is 12.1 Å². The summed E-state index contributed by atoms with van der Waals surface area (Å²) in [5.41, 5.74) is 3.37. The Morgan fingerprint density at radius 3 is 2.67 bits per heavy atom. The number of hydrogen-bond acceptors (Lipinski definition) is 3. The molecule has 1 saturated carbocycles. The number of hydrogen-bond donors (Lipinski definition) is 0. The van der Waals surface area contributed by atoms with Crippen molar-refractivity contribution in [1.82, 2.24) is 4.98 Å². The lowest BCUT2D eigenvalue weighted by molar-refractivity contribution is 0.316. The van der Waals surface area contributed by atoms with Crippen molar-refractivity contribution >= 4 is 5.90 Å². The van der Waals surface area contributed by atoms with Crippen LogP contribution in [0.5, 0.6) is 0 Å². The van der Waals surface area contributed by atoms with Gasteiger partial charge in [0.05, 0.1) is 6.04 Å². The van der Waals surface area contributed by atoms with Crippen LogP contribution in [0.3, 0.4) is 0 Å². The fourth-order valence-corrected chi connectivity index (χ4v) is 2.72. The van der Waals surface area contributed by atoms with Crippen LogP contribution in [-0.2, 0) is 11.2 Å². The molecule has 106 valence electrons. The molecule has 1 unspecified atom stereocenters. The number of aromatic nitrogens is 1. The van der Waals surface area contributed by atoms with Gasteiger partial charge in [0.2, 0.25) is 5.90 Å². The maximum absolute atomic E-state index is 5.77. The van der Waals surface area contributed by atoms with E-state index in [1.165, 1.54) is 24.1 Å². The van der Waals surface area contributed by atoms with E-state index >= 15 is 0 Å². The predicted octanol–water partition coefficient (Wildman–Crippen LogP) is 3.35. The molecule has 0 saturated heterocycles. The van der Waals surface area contributed by atoms with Crippen LogP contribution in [0.1, 0.15) is 35.7 Å². The number of ether oxygens (including phenoxy) is 1. The Bertz CT molecular complexity index is 662. The first-order chi connectivity index (χ1) is 10.4. The first kappa shape index (κ1) is 12.6. The van der Waals surface area contributed by atoms with Gasteiger partial charge >= 0.3 is 0 Å². The van der Waals surface area contributed by atoms with Gasteiger partial charge in [-0.1, -0.05) is 36.4 Å². The van der Waals surface area contributed by atoms with Crippen LogP contribution in [0.2, 0.25) is 0 Å². The van der Waals surface area contributed by atoms with E-state index in [9.17, 15) is 0 Å². The Balaban J connectivity index is 1.51. The zero-order valence-electron chi connectivity index (χ0n) is 11.9. The molecule has 1 aliphatic heterocycles. The molecule has 4 rings (SSSR count). The Hall–Kier alpha value is -2.16. The molecule has 0 N–H and O–H groups in total. The third-order valence-electron chi connectivity index (χ3n) is 4.01. The Kier molecular flexibility index (Phi) is 3.18. The molecule has 2 aliphatic rings. The minimum atomic E-state index is 0.203. The number of benzene rings is 1. The van der Waals surface area contributed by atoms with Crippen molar-refractivity contribution < 1.29 is 4.74 Å². The van der Waals surface area contributed by atoms with E-state index in [1.807, 2.05) is 12.1 Å². The highest BCUT2D eigenvalue weighted by molar-refractivity contribution is 5.93. The lowest BCUT2D eigenvalue weighted by atomic mass is 10.1. The van der Waals surface area contributed by atoms with Gasteiger partial charge in [-0.3, -0.25) is 0 Å². The Morgan fingerprint density at radius 2 is 1.86 bits per heavy atom. The topological polar surface area (TPSA) is 34.5 Å². The van der Waals surface area contributed by atoms with Crippen LogP contribution in [0.25, 0.3) is 0 Å². The van der Waals surface area contributed by atoms with Gasteiger partial charge in [0, 0.05) is 11.6 Å². The summed E-state index contributed by atoms with van der Waals surface area (Å²) in [6, 6.07) is 16.8. The normalized spacial score (nSPS) is 21.0. The molecule has 1 aliphatic carbocycles. The van der Waals surface area contributed by atoms with Gasteiger partial charge in [0.25, 0.3) is 0 Å². The van der Waals surface area contributed by atoms with Crippen molar-refractivity contribution in [2.45, 2.75) is 31.2 Å². The molecule has 0 spiro atoms. The van der Waals surface area contributed by atoms with Crippen LogP contribution in [0.15, 0.2) is 53.5 Å². The first-order valence-corrected chi connectivity index (χ1v) is 7.60. The molecule has 2 heterocycles. The average Bonchev–Trinajstić information content (AvgIpc) is 3.29. The summed E-state index contributed by atoms with van der Waals surface area (Å²) in [6.45, 7) is 0.652. The van der Waals surface area contributed by atoms with Crippen LogP contribution in [0, 0.1) is 0 Å². The first-order valence-electron chi connectivity index (χ1n) is 7.60. The largest absolute Gasteiger partial charge is 0.474 e. The van der Waals surface area contributed by atoms with Gasteiger partial charge in [0.1, 0.15) is 12.3 Å². The number of rotatable bonds is 4. The van der Waals surface area contributed by atoms with Crippen LogP contribution < -0.4 is 0 Å². The molecule has 21 heavy (non-hydrogen) atoms. The maximum atomic E-state index is 5.77. The Labute approximate surface area is 124 Å². The molecular formula is C18H18N2O. The summed E-state index contributed by atoms with van der Waals surface area (Å²) in [7, 11) is 0. The molecule has 1 aromatic heterocycles. The van der Waals surface area contributed by atoms with Crippen LogP contribution in [0.4, 0.5) is 0 Å². The van der Waals surface area contributed by atoms with E-state index in [1.54, 1.807) is 0 Å². The summed E-state index contributed by atoms with van der Waals surface area (Å²) in [5.74, 6) is 1.37. The molecule has 1 atom stereocenters. The molecule has 3 heteroatoms. The molecule has 0 radical (unpaired) electrons. The third-order valence-corrected chi connectivity index (χ3v) is 4.01. The van der Waals surface area contributed by atoms with Crippen LogP contribution >= 0.6 is 0 Å². The molecule has 3 nitrogen and oxygen atoms in total. The Morgan fingerprint density at radius 1 is 1.00 bits per heavy atom. The number of aliphatic imine (C=N–C) groups is 1. The van der Waals surface area contributed by atoms with E-state index in [2.05, 4.69) is 36.4 Å². The van der Waals surface area contributed by atoms with Crippen molar-refractivity contribution in [3.8, 4) is 0 Å². The fraction of sp³-hybridized carbons (Fsp3) is 0.333. The van der Waals surface area contributed by atoms with Crippen molar-refractivity contribution in [1.29, 1.82) is 0 Å². The van der Waals surface area contributed by atoms with Gasteiger partial charge in [-0.25, -0.2) is 9.98 Å². The van der Waals surface area contributed by atoms with E-state index in [-0.39, 0.29) is 6.04 Å². The maximum Gasteiger partial charge on any atom is 0.235 e. The quantitative estimate of drug-likeness (QED) is 0.859. The third kappa shape index (κ3) is 2.82. The smallest absolute Gasteiger partial charge is 0.235 e. The zero-order chi connectivity index (χ0) is 14.1. The molecular weight excluding hydrogens is 260 g/mol. The minimum absolute atomic E-state index is 0.203. The monoisotopic (exact) mass is 278 g/mol. The van der Waals surface area contributed by atoms with Crippen molar-refractivity contribution in [3.63, 3.8) is 0 Å². The fourth-order valence-electron chi connectivity index (χ4n) is 2.72. The highest BCUT2D eigenvalue weighted by Crippen LogP contribution is 2.38. The van der Waals surface area contributed by atoms with E-state index in [4.69, 9.17) is 14.7 Å². The van der Waals surface area contributed by atoms with Gasteiger partial charge < -0.3 is 4.74 Å². The second-order valence-corrected chi connectivity index (χ2v) is 5.81. The minimum Gasteiger partial charge on any atom is -0.474 e. The highest BCUT2D eigenvalue weighted by Gasteiger charge is 2.26. The van der Waals surface area contributed by atoms with Crippen molar-refractivity contribution in [2.75, 3.05) is 6.61 Å². The number of nitrogens with zero attached hydrogens (tertiary/aromatic N) is 2. The average molecular weight is 278 g/mol. The highest BCUT2D eigenvalue weighted by atomic mass is 16.5. The molecule has 1 aromatic carbocycles. The van der Waals surface area contributed by atoms with Gasteiger partial charge in [0.15, 0.2) is 0 Å². The van der Waals surface area contributed by atoms with Gasteiger partial charge in [-0.15, -0.1) is 0 Å². The summed E-state index contributed by atoms with van der Waals surface area (Å²) in [5, 5.41) is 0. The molecule has 0 bridgehead atoms. The summed E-state index contributed by atoms with van der Waals surface area (Å²) in [6.07, 6.45) is 3.45. The summed E-state index contributed by atoms with van der Waals surface area (Å²) in [4.78, 5) is 9.41. The predicted molar refractivity (Wildman–Crippen MR) is 82.6 cm³/mol. The van der Waals surface area contributed by atoms with Gasteiger partial charge in [-0.05, 0) is 37.0 Å². The zero-order valence-corrected chi connectivity index (χ0v) is 11.9. The summed E-state index contributed by atoms with van der Waals surface area (Å²) < 4.78 is 5.77. The lowest BCUT2D eigenvalue weighted by Gasteiger charge is -2.04. The lowest BCUT2D eigenvalue weighted by Crippen LogP contribution is -2.09. The second kappa shape index (κ2) is 5.32. The van der Waals surface area contributed by atoms with E-state index in [0.29, 0.717) is 18.4 Å². The van der Waals surface area contributed by atoms with Gasteiger partial charge in [-0.2, -0.15) is 0 Å².